The Balaban J connectivity index is 1.67. The van der Waals surface area contributed by atoms with Crippen LogP contribution in [0.2, 0.25) is 5.02 Å². The summed E-state index contributed by atoms with van der Waals surface area (Å²) < 4.78 is 40.6. The minimum absolute atomic E-state index is 0.0657. The molecule has 2 fully saturated rings. The largest absolute Gasteiger partial charge is 0.480 e. The first kappa shape index (κ1) is 25.9. The van der Waals surface area contributed by atoms with Crippen molar-refractivity contribution in [3.63, 3.8) is 0 Å². The van der Waals surface area contributed by atoms with Crippen molar-refractivity contribution < 1.29 is 32.7 Å². The number of nitrogens with one attached hydrogen (secondary N) is 1. The van der Waals surface area contributed by atoms with Gasteiger partial charge in [0.05, 0.1) is 23.1 Å². The molecule has 2 N–H and O–H groups in total. The number of nitrogens with zero attached hydrogens (tertiary/aromatic N) is 1. The average molecular weight is 543 g/mol. The lowest BCUT2D eigenvalue weighted by Gasteiger charge is -2.31. The molecule has 0 aliphatic carbocycles. The standard InChI is InChI=1S/C28H22ClF3N2O4/c1-15-10-11-19(13-20(15)29)34-24(35)21-22(25(34)36)27(26(37)38,14-16-6-3-2-4-7-16)33-23(21)17-8-5-9-18(12-17)28(30,31)32/h2-13,21-23,33H,14H2,1H3,(H,37,38). The molecular weight excluding hydrogens is 521 g/mol. The molecule has 3 aromatic carbocycles. The molecule has 196 valence electrons. The average Bonchev–Trinajstić information content (AvgIpc) is 3.35. The third kappa shape index (κ3) is 4.16. The maximum Gasteiger partial charge on any atom is 0.416 e. The number of hydrogen-bond acceptors (Lipinski definition) is 4. The highest BCUT2D eigenvalue weighted by Gasteiger charge is 2.68. The van der Waals surface area contributed by atoms with E-state index in [9.17, 15) is 32.7 Å². The summed E-state index contributed by atoms with van der Waals surface area (Å²) >= 11 is 6.24. The molecule has 38 heavy (non-hydrogen) atoms. The number of benzene rings is 3. The molecule has 2 aliphatic rings. The third-order valence-corrected chi connectivity index (χ3v) is 7.76. The summed E-state index contributed by atoms with van der Waals surface area (Å²) in [5, 5.41) is 13.8. The molecule has 5 rings (SSSR count). The monoisotopic (exact) mass is 542 g/mol. The predicted molar refractivity (Wildman–Crippen MR) is 133 cm³/mol. The van der Waals surface area contributed by atoms with Crippen molar-refractivity contribution in [1.82, 2.24) is 5.32 Å². The molecule has 0 bridgehead atoms. The number of carboxylic acids is 1. The molecule has 0 spiro atoms. The smallest absolute Gasteiger partial charge is 0.416 e. The van der Waals surface area contributed by atoms with Gasteiger partial charge in [0.1, 0.15) is 5.54 Å². The van der Waals surface area contributed by atoms with Crippen molar-refractivity contribution in [2.45, 2.75) is 31.1 Å². The van der Waals surface area contributed by atoms with E-state index in [-0.39, 0.29) is 17.7 Å². The molecule has 2 saturated heterocycles. The maximum absolute atomic E-state index is 13.9. The Hall–Kier alpha value is -3.69. The lowest BCUT2D eigenvalue weighted by molar-refractivity contribution is -0.148. The molecule has 2 heterocycles. The number of carbonyl (C=O) groups excluding carboxylic acids is 2. The molecule has 2 amide bonds. The molecular formula is C28H22ClF3N2O4. The summed E-state index contributed by atoms with van der Waals surface area (Å²) in [6.07, 6.45) is -4.82. The number of halogens is 4. The van der Waals surface area contributed by atoms with E-state index in [1.165, 1.54) is 24.3 Å². The fourth-order valence-corrected chi connectivity index (χ4v) is 5.70. The number of aryl methyl sites for hydroxylation is 1. The zero-order valence-electron chi connectivity index (χ0n) is 20.0. The SMILES string of the molecule is Cc1ccc(N2C(=O)C3C(c4cccc(C(F)(F)F)c4)NC(Cc4ccccc4)(C(=O)O)C3C2=O)cc1Cl. The number of carbonyl (C=O) groups is 3. The van der Waals surface area contributed by atoms with E-state index in [0.717, 1.165) is 17.0 Å². The number of rotatable bonds is 5. The van der Waals surface area contributed by atoms with Crippen molar-refractivity contribution >= 4 is 35.1 Å². The second kappa shape index (κ2) is 9.25. The van der Waals surface area contributed by atoms with Crippen LogP contribution in [0.4, 0.5) is 18.9 Å². The maximum atomic E-state index is 13.9. The zero-order valence-corrected chi connectivity index (χ0v) is 20.8. The Bertz CT molecular complexity index is 1450. The van der Waals surface area contributed by atoms with Crippen LogP contribution >= 0.6 is 11.6 Å². The molecule has 0 aromatic heterocycles. The van der Waals surface area contributed by atoms with Crippen molar-refractivity contribution in [3.05, 3.63) is 100 Å². The van der Waals surface area contributed by atoms with Crippen LogP contribution in [0.5, 0.6) is 0 Å². The number of amides is 2. The number of hydrogen-bond donors (Lipinski definition) is 2. The summed E-state index contributed by atoms with van der Waals surface area (Å²) in [7, 11) is 0. The van der Waals surface area contributed by atoms with E-state index in [2.05, 4.69) is 5.32 Å². The minimum atomic E-state index is -4.65. The summed E-state index contributed by atoms with van der Waals surface area (Å²) in [6, 6.07) is 16.4. The second-order valence-electron chi connectivity index (χ2n) is 9.63. The molecule has 3 aromatic rings. The second-order valence-corrected chi connectivity index (χ2v) is 10.0. The number of fused-ring (bicyclic) bond motifs is 1. The molecule has 4 unspecified atom stereocenters. The van der Waals surface area contributed by atoms with Gasteiger partial charge in [-0.25, -0.2) is 4.90 Å². The van der Waals surface area contributed by atoms with E-state index in [0.29, 0.717) is 16.1 Å². The Morgan fingerprint density at radius 1 is 1.03 bits per heavy atom. The first-order valence-electron chi connectivity index (χ1n) is 11.8. The van der Waals surface area contributed by atoms with E-state index in [1.807, 2.05) is 0 Å². The van der Waals surface area contributed by atoms with Crippen LogP contribution < -0.4 is 10.2 Å². The van der Waals surface area contributed by atoms with Crippen molar-refractivity contribution in [1.29, 1.82) is 0 Å². The van der Waals surface area contributed by atoms with Crippen LogP contribution in [0.1, 0.15) is 28.3 Å². The van der Waals surface area contributed by atoms with Gasteiger partial charge in [-0.15, -0.1) is 0 Å². The summed E-state index contributed by atoms with van der Waals surface area (Å²) in [6.45, 7) is 1.75. The Kier molecular flexibility index (Phi) is 6.31. The fraction of sp³-hybridized carbons (Fsp3) is 0.250. The quantitative estimate of drug-likeness (QED) is 0.434. The van der Waals surface area contributed by atoms with Gasteiger partial charge in [-0.1, -0.05) is 60.1 Å². The van der Waals surface area contributed by atoms with Crippen LogP contribution in [-0.4, -0.2) is 28.4 Å². The van der Waals surface area contributed by atoms with Crippen LogP contribution in [0.25, 0.3) is 0 Å². The highest BCUT2D eigenvalue weighted by Crippen LogP contribution is 2.51. The predicted octanol–water partition coefficient (Wildman–Crippen LogP) is 5.18. The lowest BCUT2D eigenvalue weighted by atomic mass is 9.76. The van der Waals surface area contributed by atoms with E-state index in [4.69, 9.17) is 11.6 Å². The molecule has 2 aliphatic heterocycles. The Morgan fingerprint density at radius 3 is 2.37 bits per heavy atom. The molecule has 4 atom stereocenters. The zero-order chi connectivity index (χ0) is 27.4. The van der Waals surface area contributed by atoms with Gasteiger partial charge in [-0.05, 0) is 47.9 Å². The highest BCUT2D eigenvalue weighted by atomic mass is 35.5. The summed E-state index contributed by atoms with van der Waals surface area (Å²) in [5.41, 5.74) is -1.36. The topological polar surface area (TPSA) is 86.7 Å². The van der Waals surface area contributed by atoms with Crippen LogP contribution in [0.3, 0.4) is 0 Å². The van der Waals surface area contributed by atoms with Crippen molar-refractivity contribution in [2.75, 3.05) is 4.90 Å². The van der Waals surface area contributed by atoms with Crippen molar-refractivity contribution in [2.24, 2.45) is 11.8 Å². The molecule has 0 radical (unpaired) electrons. The first-order valence-corrected chi connectivity index (χ1v) is 12.2. The van der Waals surface area contributed by atoms with Gasteiger partial charge in [0.2, 0.25) is 11.8 Å². The lowest BCUT2D eigenvalue weighted by Crippen LogP contribution is -2.57. The van der Waals surface area contributed by atoms with Crippen LogP contribution in [0, 0.1) is 18.8 Å². The van der Waals surface area contributed by atoms with Crippen LogP contribution in [0.15, 0.2) is 72.8 Å². The fourth-order valence-electron chi connectivity index (χ4n) is 5.53. The van der Waals surface area contributed by atoms with Gasteiger partial charge in [-0.2, -0.15) is 13.2 Å². The Labute approximate surface area is 221 Å². The molecule has 10 heteroatoms. The van der Waals surface area contributed by atoms with Gasteiger partial charge >= 0.3 is 12.1 Å². The normalized spacial score (nSPS) is 25.1. The van der Waals surface area contributed by atoms with Crippen molar-refractivity contribution in [3.8, 4) is 0 Å². The van der Waals surface area contributed by atoms with Gasteiger partial charge < -0.3 is 5.11 Å². The minimum Gasteiger partial charge on any atom is -0.480 e. The first-order chi connectivity index (χ1) is 17.9. The number of aliphatic carboxylic acids is 1. The molecule has 6 nitrogen and oxygen atoms in total. The third-order valence-electron chi connectivity index (χ3n) is 7.35. The van der Waals surface area contributed by atoms with Gasteiger partial charge in [0, 0.05) is 17.5 Å². The number of anilines is 1. The Morgan fingerprint density at radius 2 is 1.74 bits per heavy atom. The number of carboxylic acid groups (broad SMARTS) is 1. The summed E-state index contributed by atoms with van der Waals surface area (Å²) in [4.78, 5) is 41.5. The highest BCUT2D eigenvalue weighted by molar-refractivity contribution is 6.32. The van der Waals surface area contributed by atoms with Crippen LogP contribution in [-0.2, 0) is 27.0 Å². The van der Waals surface area contributed by atoms with Gasteiger partial charge in [0.25, 0.3) is 0 Å². The van der Waals surface area contributed by atoms with E-state index < -0.39 is 52.9 Å². The number of alkyl halides is 3. The summed E-state index contributed by atoms with van der Waals surface area (Å²) in [5.74, 6) is -5.47. The van der Waals surface area contributed by atoms with E-state index in [1.54, 1.807) is 43.3 Å². The van der Waals surface area contributed by atoms with E-state index >= 15 is 0 Å². The number of imide groups is 1. The molecule has 0 saturated carbocycles. The van der Waals surface area contributed by atoms with Gasteiger partial charge in [0.15, 0.2) is 0 Å². The van der Waals surface area contributed by atoms with Gasteiger partial charge in [-0.3, -0.25) is 19.7 Å².